The van der Waals surface area contributed by atoms with E-state index in [1.54, 1.807) is 0 Å². The van der Waals surface area contributed by atoms with Gasteiger partial charge in [-0.2, -0.15) is 0 Å². The monoisotopic (exact) mass is 287 g/mol. The van der Waals surface area contributed by atoms with Crippen LogP contribution < -0.4 is 0 Å². The Morgan fingerprint density at radius 3 is 2.32 bits per heavy atom. The Kier molecular flexibility index (Phi) is 4.93. The highest BCUT2D eigenvalue weighted by atomic mass is 32.2. The fourth-order valence-electron chi connectivity index (χ4n) is 3.78. The van der Waals surface area contributed by atoms with E-state index in [2.05, 4.69) is 20.8 Å². The lowest BCUT2D eigenvalue weighted by Gasteiger charge is -2.40. The number of hydrogen-bond donors (Lipinski definition) is 0. The van der Waals surface area contributed by atoms with Crippen molar-refractivity contribution in [3.05, 3.63) is 0 Å². The Labute approximate surface area is 118 Å². The Hall–Kier alpha value is -0.0900. The van der Waals surface area contributed by atoms with Gasteiger partial charge in [0, 0.05) is 13.1 Å². The van der Waals surface area contributed by atoms with Crippen LogP contribution in [0.3, 0.4) is 0 Å². The predicted molar refractivity (Wildman–Crippen MR) is 79.5 cm³/mol. The molecule has 0 aromatic heterocycles. The van der Waals surface area contributed by atoms with E-state index in [0.717, 1.165) is 38.8 Å². The Morgan fingerprint density at radius 1 is 1.16 bits per heavy atom. The summed E-state index contributed by atoms with van der Waals surface area (Å²) in [4.78, 5) is 0. The van der Waals surface area contributed by atoms with Gasteiger partial charge in [-0.3, -0.25) is 0 Å². The second-order valence-electron chi connectivity index (χ2n) is 6.67. The Balaban J connectivity index is 2.04. The van der Waals surface area contributed by atoms with Crippen molar-refractivity contribution >= 4 is 10.0 Å². The molecule has 0 amide bonds. The molecule has 2 aliphatic rings. The minimum Gasteiger partial charge on any atom is -0.212 e. The maximum Gasteiger partial charge on any atom is 0.216 e. The van der Waals surface area contributed by atoms with E-state index in [9.17, 15) is 8.42 Å². The average molecular weight is 287 g/mol. The normalized spacial score (nSPS) is 28.3. The maximum absolute atomic E-state index is 12.5. The van der Waals surface area contributed by atoms with Gasteiger partial charge >= 0.3 is 0 Å². The zero-order chi connectivity index (χ0) is 14.0. The third-order valence-corrected chi connectivity index (χ3v) is 7.55. The van der Waals surface area contributed by atoms with Crippen molar-refractivity contribution in [2.75, 3.05) is 13.1 Å². The van der Waals surface area contributed by atoms with Crippen molar-refractivity contribution in [2.45, 2.75) is 64.5 Å². The summed E-state index contributed by atoms with van der Waals surface area (Å²) in [6, 6.07) is 0. The standard InChI is InChI=1S/C15H29NO2S/c1-4-15(12(2)3)13-7-6-10-16(11-13)19(17,18)14-8-5-9-14/h12-15H,4-11H2,1-3H3. The highest BCUT2D eigenvalue weighted by Gasteiger charge is 2.39. The van der Waals surface area contributed by atoms with Crippen LogP contribution in [0.15, 0.2) is 0 Å². The van der Waals surface area contributed by atoms with Crippen molar-refractivity contribution in [1.82, 2.24) is 4.31 Å². The zero-order valence-electron chi connectivity index (χ0n) is 12.6. The topological polar surface area (TPSA) is 37.4 Å². The molecule has 1 aliphatic carbocycles. The van der Waals surface area contributed by atoms with E-state index < -0.39 is 10.0 Å². The fourth-order valence-corrected chi connectivity index (χ4v) is 5.92. The summed E-state index contributed by atoms with van der Waals surface area (Å²) in [5.74, 6) is 1.88. The summed E-state index contributed by atoms with van der Waals surface area (Å²) in [5.41, 5.74) is 0. The van der Waals surface area contributed by atoms with Crippen LogP contribution in [-0.2, 0) is 10.0 Å². The fraction of sp³-hybridized carbons (Fsp3) is 1.00. The largest absolute Gasteiger partial charge is 0.216 e. The molecule has 1 saturated carbocycles. The molecule has 3 nitrogen and oxygen atoms in total. The molecule has 0 radical (unpaired) electrons. The molecule has 0 aromatic carbocycles. The van der Waals surface area contributed by atoms with Crippen LogP contribution in [-0.4, -0.2) is 31.1 Å². The van der Waals surface area contributed by atoms with Crippen LogP contribution in [0.25, 0.3) is 0 Å². The summed E-state index contributed by atoms with van der Waals surface area (Å²) >= 11 is 0. The smallest absolute Gasteiger partial charge is 0.212 e. The van der Waals surface area contributed by atoms with Crippen LogP contribution in [0.4, 0.5) is 0 Å². The zero-order valence-corrected chi connectivity index (χ0v) is 13.5. The molecule has 1 saturated heterocycles. The highest BCUT2D eigenvalue weighted by molar-refractivity contribution is 7.89. The summed E-state index contributed by atoms with van der Waals surface area (Å²) in [6.07, 6.45) is 6.26. The second-order valence-corrected chi connectivity index (χ2v) is 8.89. The summed E-state index contributed by atoms with van der Waals surface area (Å²) in [5, 5.41) is -0.0645. The Morgan fingerprint density at radius 2 is 1.84 bits per heavy atom. The van der Waals surface area contributed by atoms with Crippen molar-refractivity contribution in [1.29, 1.82) is 0 Å². The SMILES string of the molecule is CCC(C(C)C)C1CCCN(S(=O)(=O)C2CCC2)C1. The van der Waals surface area contributed by atoms with Gasteiger partial charge in [0.05, 0.1) is 5.25 Å². The predicted octanol–water partition coefficient (Wildman–Crippen LogP) is 3.26. The van der Waals surface area contributed by atoms with Crippen LogP contribution in [0.2, 0.25) is 0 Å². The molecular weight excluding hydrogens is 258 g/mol. The average Bonchev–Trinajstić information content (AvgIpc) is 2.27. The van der Waals surface area contributed by atoms with Gasteiger partial charge in [-0.05, 0) is 43.4 Å². The van der Waals surface area contributed by atoms with E-state index in [1.165, 1.54) is 12.8 Å². The summed E-state index contributed by atoms with van der Waals surface area (Å²) in [6.45, 7) is 8.31. The van der Waals surface area contributed by atoms with Gasteiger partial charge in [0.1, 0.15) is 0 Å². The van der Waals surface area contributed by atoms with Crippen molar-refractivity contribution < 1.29 is 8.42 Å². The van der Waals surface area contributed by atoms with E-state index >= 15 is 0 Å². The first-order valence-corrected chi connectivity index (χ1v) is 9.46. The minimum absolute atomic E-state index is 0.0645. The molecule has 0 aromatic rings. The molecule has 2 rings (SSSR count). The van der Waals surface area contributed by atoms with E-state index in [4.69, 9.17) is 0 Å². The molecule has 2 atom stereocenters. The quantitative estimate of drug-likeness (QED) is 0.778. The molecule has 1 aliphatic heterocycles. The van der Waals surface area contributed by atoms with Crippen LogP contribution in [0.1, 0.15) is 59.3 Å². The molecule has 0 spiro atoms. The molecular formula is C15H29NO2S. The second kappa shape index (κ2) is 6.13. The lowest BCUT2D eigenvalue weighted by molar-refractivity contribution is 0.158. The van der Waals surface area contributed by atoms with E-state index in [1.807, 2.05) is 4.31 Å². The van der Waals surface area contributed by atoms with Gasteiger partial charge in [0.25, 0.3) is 0 Å². The lowest BCUT2D eigenvalue weighted by atomic mass is 9.78. The Bertz CT molecular complexity index is 387. The van der Waals surface area contributed by atoms with Crippen molar-refractivity contribution in [2.24, 2.45) is 17.8 Å². The molecule has 2 fully saturated rings. The van der Waals surface area contributed by atoms with Gasteiger partial charge in [-0.15, -0.1) is 0 Å². The number of hydrogen-bond acceptors (Lipinski definition) is 2. The van der Waals surface area contributed by atoms with Crippen LogP contribution in [0, 0.1) is 17.8 Å². The molecule has 112 valence electrons. The molecule has 2 unspecified atom stereocenters. The lowest BCUT2D eigenvalue weighted by Crippen LogP contribution is -2.48. The molecule has 4 heteroatoms. The van der Waals surface area contributed by atoms with Crippen molar-refractivity contribution in [3.63, 3.8) is 0 Å². The number of nitrogens with zero attached hydrogens (tertiary/aromatic N) is 1. The van der Waals surface area contributed by atoms with Gasteiger partial charge < -0.3 is 0 Å². The van der Waals surface area contributed by atoms with Gasteiger partial charge in [0.2, 0.25) is 10.0 Å². The molecule has 19 heavy (non-hydrogen) atoms. The number of sulfonamides is 1. The highest BCUT2D eigenvalue weighted by Crippen LogP contribution is 2.35. The molecule has 0 N–H and O–H groups in total. The molecule has 1 heterocycles. The van der Waals surface area contributed by atoms with Gasteiger partial charge in [0.15, 0.2) is 0 Å². The third kappa shape index (κ3) is 3.15. The summed E-state index contributed by atoms with van der Waals surface area (Å²) < 4.78 is 26.9. The van der Waals surface area contributed by atoms with E-state index in [0.29, 0.717) is 17.8 Å². The number of rotatable bonds is 5. The van der Waals surface area contributed by atoms with Gasteiger partial charge in [-0.25, -0.2) is 12.7 Å². The van der Waals surface area contributed by atoms with Crippen molar-refractivity contribution in [3.8, 4) is 0 Å². The molecule has 0 bridgehead atoms. The first-order valence-electron chi connectivity index (χ1n) is 7.95. The first-order chi connectivity index (χ1) is 8.96. The van der Waals surface area contributed by atoms with Crippen LogP contribution in [0.5, 0.6) is 0 Å². The summed E-state index contributed by atoms with van der Waals surface area (Å²) in [7, 11) is -2.99. The number of piperidine rings is 1. The maximum atomic E-state index is 12.5. The minimum atomic E-state index is -2.99. The van der Waals surface area contributed by atoms with E-state index in [-0.39, 0.29) is 5.25 Å². The first kappa shape index (κ1) is 15.3. The van der Waals surface area contributed by atoms with Gasteiger partial charge in [-0.1, -0.05) is 33.6 Å². The van der Waals surface area contributed by atoms with Crippen LogP contribution >= 0.6 is 0 Å². The third-order valence-electron chi connectivity index (χ3n) is 5.19.